The standard InChI is InChI=1S/C12H17N5O/c1-4-9(11-13-5-6-14-11)15-12(18)10-7(2)16-17-8(10)3/h5-6,9H,4H2,1-3H3,(H,13,14)(H,15,18)(H,16,17). The summed E-state index contributed by atoms with van der Waals surface area (Å²) in [5.41, 5.74) is 2.10. The van der Waals surface area contributed by atoms with Gasteiger partial charge in [-0.15, -0.1) is 0 Å². The van der Waals surface area contributed by atoms with Crippen LogP contribution in [0.25, 0.3) is 0 Å². The van der Waals surface area contributed by atoms with Crippen LogP contribution in [0.1, 0.15) is 47.0 Å². The molecule has 0 aliphatic heterocycles. The Morgan fingerprint density at radius 2 is 2.28 bits per heavy atom. The molecule has 6 nitrogen and oxygen atoms in total. The molecular formula is C12H17N5O. The molecule has 3 N–H and O–H groups in total. The van der Waals surface area contributed by atoms with Crippen LogP contribution in [-0.2, 0) is 0 Å². The van der Waals surface area contributed by atoms with Crippen LogP contribution in [0.3, 0.4) is 0 Å². The zero-order chi connectivity index (χ0) is 13.1. The van der Waals surface area contributed by atoms with Crippen LogP contribution in [0.15, 0.2) is 12.4 Å². The maximum absolute atomic E-state index is 12.2. The van der Waals surface area contributed by atoms with Crippen LogP contribution >= 0.6 is 0 Å². The molecule has 1 unspecified atom stereocenters. The van der Waals surface area contributed by atoms with E-state index in [-0.39, 0.29) is 11.9 Å². The molecule has 18 heavy (non-hydrogen) atoms. The number of hydrogen-bond acceptors (Lipinski definition) is 3. The van der Waals surface area contributed by atoms with Crippen LogP contribution < -0.4 is 5.32 Å². The van der Waals surface area contributed by atoms with Gasteiger partial charge in [0.25, 0.3) is 5.91 Å². The van der Waals surface area contributed by atoms with Crippen molar-refractivity contribution in [3.63, 3.8) is 0 Å². The number of nitrogens with zero attached hydrogens (tertiary/aromatic N) is 2. The van der Waals surface area contributed by atoms with Gasteiger partial charge in [0.2, 0.25) is 0 Å². The second-order valence-corrected chi connectivity index (χ2v) is 4.22. The molecule has 2 aromatic heterocycles. The largest absolute Gasteiger partial charge is 0.347 e. The van der Waals surface area contributed by atoms with E-state index in [0.717, 1.165) is 17.9 Å². The lowest BCUT2D eigenvalue weighted by Gasteiger charge is -2.14. The van der Waals surface area contributed by atoms with Crippen molar-refractivity contribution in [2.45, 2.75) is 33.2 Å². The molecule has 0 bridgehead atoms. The number of imidazole rings is 1. The fourth-order valence-electron chi connectivity index (χ4n) is 1.95. The third kappa shape index (κ3) is 2.27. The number of rotatable bonds is 4. The maximum atomic E-state index is 12.2. The lowest BCUT2D eigenvalue weighted by Crippen LogP contribution is -2.29. The summed E-state index contributed by atoms with van der Waals surface area (Å²) in [5.74, 6) is 0.645. The Kier molecular flexibility index (Phi) is 3.45. The van der Waals surface area contributed by atoms with E-state index in [2.05, 4.69) is 25.5 Å². The van der Waals surface area contributed by atoms with Gasteiger partial charge >= 0.3 is 0 Å². The molecule has 0 radical (unpaired) electrons. The van der Waals surface area contributed by atoms with Gasteiger partial charge in [0.15, 0.2) is 0 Å². The average Bonchev–Trinajstić information content (AvgIpc) is 2.96. The minimum atomic E-state index is -0.123. The Bertz CT molecular complexity index is 509. The monoisotopic (exact) mass is 247 g/mol. The highest BCUT2D eigenvalue weighted by Crippen LogP contribution is 2.15. The molecule has 0 aliphatic carbocycles. The Balaban J connectivity index is 2.16. The minimum absolute atomic E-state index is 0.110. The van der Waals surface area contributed by atoms with Crippen molar-refractivity contribution in [2.24, 2.45) is 0 Å². The van der Waals surface area contributed by atoms with Gasteiger partial charge in [-0.05, 0) is 20.3 Å². The molecule has 96 valence electrons. The molecule has 6 heteroatoms. The highest BCUT2D eigenvalue weighted by molar-refractivity contribution is 5.96. The Morgan fingerprint density at radius 1 is 1.50 bits per heavy atom. The minimum Gasteiger partial charge on any atom is -0.347 e. The van der Waals surface area contributed by atoms with Gasteiger partial charge in [0.05, 0.1) is 17.3 Å². The predicted molar refractivity (Wildman–Crippen MR) is 67.1 cm³/mol. The summed E-state index contributed by atoms with van der Waals surface area (Å²) in [6, 6.07) is -0.110. The van der Waals surface area contributed by atoms with Crippen molar-refractivity contribution < 1.29 is 4.79 Å². The summed E-state index contributed by atoms with van der Waals surface area (Å²) in [7, 11) is 0. The number of hydrogen-bond donors (Lipinski definition) is 3. The molecule has 0 spiro atoms. The smallest absolute Gasteiger partial charge is 0.255 e. The molecule has 0 saturated carbocycles. The molecule has 0 aromatic carbocycles. The molecule has 2 heterocycles. The quantitative estimate of drug-likeness (QED) is 0.767. The first-order chi connectivity index (χ1) is 8.63. The molecule has 0 aliphatic rings. The van der Waals surface area contributed by atoms with E-state index in [0.29, 0.717) is 11.3 Å². The number of H-pyrrole nitrogens is 2. The number of carbonyl (C=O) groups excluding carboxylic acids is 1. The van der Waals surface area contributed by atoms with E-state index < -0.39 is 0 Å². The molecule has 0 saturated heterocycles. The van der Waals surface area contributed by atoms with Crippen LogP contribution in [0.5, 0.6) is 0 Å². The molecule has 1 atom stereocenters. The van der Waals surface area contributed by atoms with Crippen LogP contribution in [0, 0.1) is 13.8 Å². The molecule has 2 aromatic rings. The lowest BCUT2D eigenvalue weighted by atomic mass is 10.1. The molecular weight excluding hydrogens is 230 g/mol. The summed E-state index contributed by atoms with van der Waals surface area (Å²) in [4.78, 5) is 19.4. The fraction of sp³-hybridized carbons (Fsp3) is 0.417. The summed E-state index contributed by atoms with van der Waals surface area (Å²) in [6.07, 6.45) is 4.20. The topological polar surface area (TPSA) is 86.5 Å². The van der Waals surface area contributed by atoms with Crippen LogP contribution in [-0.4, -0.2) is 26.1 Å². The first kappa shape index (κ1) is 12.3. The van der Waals surface area contributed by atoms with E-state index in [1.165, 1.54) is 0 Å². The van der Waals surface area contributed by atoms with E-state index in [1.807, 2.05) is 20.8 Å². The number of aryl methyl sites for hydroxylation is 2. The van der Waals surface area contributed by atoms with Crippen molar-refractivity contribution in [1.29, 1.82) is 0 Å². The summed E-state index contributed by atoms with van der Waals surface area (Å²) in [6.45, 7) is 5.65. The number of aromatic amines is 2. The summed E-state index contributed by atoms with van der Waals surface area (Å²) in [5, 5.41) is 9.79. The number of aromatic nitrogens is 4. The van der Waals surface area contributed by atoms with E-state index in [1.54, 1.807) is 12.4 Å². The van der Waals surface area contributed by atoms with Gasteiger partial charge in [-0.2, -0.15) is 5.10 Å². The fourth-order valence-corrected chi connectivity index (χ4v) is 1.95. The van der Waals surface area contributed by atoms with Gasteiger partial charge < -0.3 is 10.3 Å². The molecule has 0 fully saturated rings. The zero-order valence-electron chi connectivity index (χ0n) is 10.7. The van der Waals surface area contributed by atoms with E-state index in [9.17, 15) is 4.79 Å². The number of carbonyl (C=O) groups is 1. The number of amides is 1. The number of nitrogens with one attached hydrogen (secondary N) is 3. The summed E-state index contributed by atoms with van der Waals surface area (Å²) >= 11 is 0. The first-order valence-electron chi connectivity index (χ1n) is 5.95. The molecule has 1 amide bonds. The third-order valence-corrected chi connectivity index (χ3v) is 2.92. The second kappa shape index (κ2) is 5.03. The van der Waals surface area contributed by atoms with Gasteiger partial charge in [0.1, 0.15) is 5.82 Å². The van der Waals surface area contributed by atoms with E-state index in [4.69, 9.17) is 0 Å². The van der Waals surface area contributed by atoms with E-state index >= 15 is 0 Å². The first-order valence-corrected chi connectivity index (χ1v) is 5.95. The zero-order valence-corrected chi connectivity index (χ0v) is 10.7. The highest BCUT2D eigenvalue weighted by Gasteiger charge is 2.20. The SMILES string of the molecule is CCC(NC(=O)c1c(C)n[nH]c1C)c1ncc[nH]1. The normalized spacial score (nSPS) is 12.4. The van der Waals surface area contributed by atoms with Crippen molar-refractivity contribution in [1.82, 2.24) is 25.5 Å². The van der Waals surface area contributed by atoms with Gasteiger partial charge in [-0.3, -0.25) is 9.89 Å². The lowest BCUT2D eigenvalue weighted by molar-refractivity contribution is 0.0932. The molecule has 2 rings (SSSR count). The average molecular weight is 247 g/mol. The Hall–Kier alpha value is -2.11. The van der Waals surface area contributed by atoms with Crippen molar-refractivity contribution in [2.75, 3.05) is 0 Å². The van der Waals surface area contributed by atoms with Crippen molar-refractivity contribution in [3.05, 3.63) is 35.2 Å². The van der Waals surface area contributed by atoms with Gasteiger partial charge in [0, 0.05) is 18.1 Å². The van der Waals surface area contributed by atoms with Gasteiger partial charge in [-0.1, -0.05) is 6.92 Å². The Morgan fingerprint density at radius 3 is 2.78 bits per heavy atom. The highest BCUT2D eigenvalue weighted by atomic mass is 16.1. The van der Waals surface area contributed by atoms with Crippen molar-refractivity contribution in [3.8, 4) is 0 Å². The predicted octanol–water partition coefficient (Wildman–Crippen LogP) is 1.63. The van der Waals surface area contributed by atoms with Crippen molar-refractivity contribution >= 4 is 5.91 Å². The van der Waals surface area contributed by atoms with Crippen LogP contribution in [0.4, 0.5) is 0 Å². The second-order valence-electron chi connectivity index (χ2n) is 4.22. The van der Waals surface area contributed by atoms with Crippen LogP contribution in [0.2, 0.25) is 0 Å². The Labute approximate surface area is 105 Å². The van der Waals surface area contributed by atoms with Gasteiger partial charge in [-0.25, -0.2) is 4.98 Å². The maximum Gasteiger partial charge on any atom is 0.255 e. The summed E-state index contributed by atoms with van der Waals surface area (Å²) < 4.78 is 0. The third-order valence-electron chi connectivity index (χ3n) is 2.92.